The van der Waals surface area contributed by atoms with Crippen molar-refractivity contribution >= 4 is 64.0 Å². The van der Waals surface area contributed by atoms with Crippen LogP contribution in [0, 0.1) is 6.92 Å². The summed E-state index contributed by atoms with van der Waals surface area (Å²) in [4.78, 5) is 7.72. The van der Waals surface area contributed by atoms with Gasteiger partial charge in [0, 0.05) is 42.9 Å². The summed E-state index contributed by atoms with van der Waals surface area (Å²) in [6.45, 7) is 3.50. The molecule has 2 aromatic heterocycles. The number of rotatable bonds is 5. The quantitative estimate of drug-likeness (QED) is 0.261. The fourth-order valence-electron chi connectivity index (χ4n) is 3.12. The normalized spacial score (nSPS) is 11.5. The number of para-hydroxylation sites is 1. The molecule has 0 fully saturated rings. The van der Waals surface area contributed by atoms with Crippen LogP contribution < -0.4 is 10.6 Å². The number of aromatic nitrogens is 2. The largest absolute Gasteiger partial charge is 0.358 e. The lowest BCUT2D eigenvalue weighted by Gasteiger charge is -2.12. The minimum atomic E-state index is 0. The molecule has 0 aliphatic heterocycles. The van der Waals surface area contributed by atoms with Crippen LogP contribution in [0.2, 0.25) is 10.2 Å². The SMILES string of the molecule is CN=C(NCCc1c(C)[nH]c2ccccc12)NCc1cc(Cl)c(Cl)n1C.I. The van der Waals surface area contributed by atoms with E-state index < -0.39 is 0 Å². The molecule has 0 atom stereocenters. The van der Waals surface area contributed by atoms with E-state index in [0.29, 0.717) is 16.7 Å². The Morgan fingerprint density at radius 3 is 2.63 bits per heavy atom. The number of nitrogens with zero attached hydrogens (tertiary/aromatic N) is 2. The topological polar surface area (TPSA) is 57.1 Å². The van der Waals surface area contributed by atoms with E-state index in [1.165, 1.54) is 22.2 Å². The number of benzene rings is 1. The molecule has 0 spiro atoms. The molecule has 2 heterocycles. The number of guanidine groups is 1. The summed E-state index contributed by atoms with van der Waals surface area (Å²) in [5.74, 6) is 0.746. The van der Waals surface area contributed by atoms with Gasteiger partial charge in [-0.25, -0.2) is 0 Å². The number of H-pyrrole nitrogens is 1. The molecule has 0 saturated heterocycles. The van der Waals surface area contributed by atoms with Crippen molar-refractivity contribution in [3.8, 4) is 0 Å². The van der Waals surface area contributed by atoms with Crippen LogP contribution in [-0.4, -0.2) is 29.1 Å². The van der Waals surface area contributed by atoms with Crippen molar-refractivity contribution in [3.63, 3.8) is 0 Å². The first-order chi connectivity index (χ1) is 12.5. The summed E-state index contributed by atoms with van der Waals surface area (Å²) in [7, 11) is 3.65. The third kappa shape index (κ3) is 4.92. The number of fused-ring (bicyclic) bond motifs is 1. The number of halogens is 3. The van der Waals surface area contributed by atoms with Gasteiger partial charge in [0.2, 0.25) is 0 Å². The molecule has 0 amide bonds. The molecule has 0 saturated carbocycles. The van der Waals surface area contributed by atoms with Gasteiger partial charge in [-0.2, -0.15) is 0 Å². The van der Waals surface area contributed by atoms with Gasteiger partial charge < -0.3 is 20.2 Å². The van der Waals surface area contributed by atoms with Gasteiger partial charge in [-0.1, -0.05) is 41.4 Å². The van der Waals surface area contributed by atoms with Crippen molar-refractivity contribution in [2.45, 2.75) is 19.9 Å². The lowest BCUT2D eigenvalue weighted by Crippen LogP contribution is -2.38. The van der Waals surface area contributed by atoms with Crippen LogP contribution in [0.1, 0.15) is 17.0 Å². The Morgan fingerprint density at radius 1 is 1.22 bits per heavy atom. The van der Waals surface area contributed by atoms with Gasteiger partial charge in [-0.15, -0.1) is 24.0 Å². The second-order valence-electron chi connectivity index (χ2n) is 6.21. The maximum Gasteiger partial charge on any atom is 0.191 e. The van der Waals surface area contributed by atoms with E-state index in [1.807, 2.05) is 23.7 Å². The molecule has 8 heteroatoms. The number of aromatic amines is 1. The molecule has 0 bridgehead atoms. The number of hydrogen-bond acceptors (Lipinski definition) is 1. The Balaban J connectivity index is 0.00000261. The summed E-state index contributed by atoms with van der Waals surface area (Å²) in [5, 5.41) is 9.03. The van der Waals surface area contributed by atoms with E-state index >= 15 is 0 Å². The Kier molecular flexibility index (Phi) is 7.88. The summed E-state index contributed by atoms with van der Waals surface area (Å²) < 4.78 is 1.86. The first kappa shape index (κ1) is 21.9. The van der Waals surface area contributed by atoms with Gasteiger partial charge in [0.1, 0.15) is 5.15 Å². The third-order valence-electron chi connectivity index (χ3n) is 4.57. The standard InChI is InChI=1S/C19H23Cl2N5.HI/c1-12-14(15-6-4-5-7-17(15)25-12)8-9-23-19(22-2)24-11-13-10-16(20)18(21)26(13)3;/h4-7,10,25H,8-9,11H2,1-3H3,(H2,22,23,24);1H. The molecule has 3 N–H and O–H groups in total. The Labute approximate surface area is 186 Å². The highest BCUT2D eigenvalue weighted by Gasteiger charge is 2.10. The molecule has 27 heavy (non-hydrogen) atoms. The van der Waals surface area contributed by atoms with E-state index in [0.717, 1.165) is 24.6 Å². The molecule has 5 nitrogen and oxygen atoms in total. The second kappa shape index (κ2) is 9.71. The summed E-state index contributed by atoms with van der Waals surface area (Å²) in [6, 6.07) is 10.2. The molecule has 1 aromatic carbocycles. The minimum absolute atomic E-state index is 0. The van der Waals surface area contributed by atoms with Gasteiger partial charge >= 0.3 is 0 Å². The molecule has 3 rings (SSSR count). The van der Waals surface area contributed by atoms with E-state index in [2.05, 4.69) is 45.7 Å². The van der Waals surface area contributed by atoms with Crippen molar-refractivity contribution in [1.82, 2.24) is 20.2 Å². The van der Waals surface area contributed by atoms with Gasteiger partial charge in [0.25, 0.3) is 0 Å². The summed E-state index contributed by atoms with van der Waals surface area (Å²) in [6.07, 6.45) is 0.915. The molecule has 0 aliphatic carbocycles. The fraction of sp³-hybridized carbons (Fsp3) is 0.316. The highest BCUT2D eigenvalue weighted by atomic mass is 127. The average Bonchev–Trinajstić information content (AvgIpc) is 3.09. The van der Waals surface area contributed by atoms with Crippen LogP contribution >= 0.6 is 47.2 Å². The first-order valence-corrected chi connectivity index (χ1v) is 9.27. The smallest absolute Gasteiger partial charge is 0.191 e. The molecule has 3 aromatic rings. The van der Waals surface area contributed by atoms with Gasteiger partial charge in [0.15, 0.2) is 5.96 Å². The molecule has 0 unspecified atom stereocenters. The van der Waals surface area contributed by atoms with Crippen molar-refractivity contribution in [3.05, 3.63) is 57.5 Å². The first-order valence-electron chi connectivity index (χ1n) is 8.51. The Hall–Kier alpha value is -1.38. The lowest BCUT2D eigenvalue weighted by molar-refractivity contribution is 0.747. The predicted molar refractivity (Wildman–Crippen MR) is 126 cm³/mol. The van der Waals surface area contributed by atoms with Crippen LogP contribution in [-0.2, 0) is 20.0 Å². The second-order valence-corrected chi connectivity index (χ2v) is 6.98. The maximum atomic E-state index is 6.11. The van der Waals surface area contributed by atoms with E-state index in [1.54, 1.807) is 7.05 Å². The molecular formula is C19H24Cl2IN5. The van der Waals surface area contributed by atoms with Crippen LogP contribution in [0.3, 0.4) is 0 Å². The summed E-state index contributed by atoms with van der Waals surface area (Å²) >= 11 is 12.2. The molecule has 146 valence electrons. The van der Waals surface area contributed by atoms with Gasteiger partial charge in [-0.3, -0.25) is 4.99 Å². The Morgan fingerprint density at radius 2 is 1.96 bits per heavy atom. The van der Waals surface area contributed by atoms with Crippen LogP contribution in [0.25, 0.3) is 10.9 Å². The zero-order valence-electron chi connectivity index (χ0n) is 15.6. The minimum Gasteiger partial charge on any atom is -0.358 e. The van der Waals surface area contributed by atoms with Crippen LogP contribution in [0.15, 0.2) is 35.3 Å². The lowest BCUT2D eigenvalue weighted by atomic mass is 10.1. The average molecular weight is 520 g/mol. The number of nitrogens with one attached hydrogen (secondary N) is 3. The maximum absolute atomic E-state index is 6.11. The van der Waals surface area contributed by atoms with Crippen molar-refractivity contribution in [2.24, 2.45) is 12.0 Å². The van der Waals surface area contributed by atoms with E-state index in [9.17, 15) is 0 Å². The Bertz CT molecular complexity index is 945. The molecular weight excluding hydrogens is 496 g/mol. The number of hydrogen-bond donors (Lipinski definition) is 3. The van der Waals surface area contributed by atoms with Crippen LogP contribution in [0.5, 0.6) is 0 Å². The predicted octanol–water partition coefficient (Wildman–Crippen LogP) is 4.65. The highest BCUT2D eigenvalue weighted by molar-refractivity contribution is 14.0. The summed E-state index contributed by atoms with van der Waals surface area (Å²) in [5.41, 5.74) is 4.73. The fourth-order valence-corrected chi connectivity index (χ4v) is 3.53. The van der Waals surface area contributed by atoms with Crippen molar-refractivity contribution in [1.29, 1.82) is 0 Å². The van der Waals surface area contributed by atoms with Crippen molar-refractivity contribution < 1.29 is 0 Å². The molecule has 0 aliphatic rings. The zero-order chi connectivity index (χ0) is 18.7. The van der Waals surface area contributed by atoms with Crippen molar-refractivity contribution in [2.75, 3.05) is 13.6 Å². The number of aryl methyl sites for hydroxylation is 1. The van der Waals surface area contributed by atoms with E-state index in [-0.39, 0.29) is 24.0 Å². The van der Waals surface area contributed by atoms with Crippen LogP contribution in [0.4, 0.5) is 0 Å². The van der Waals surface area contributed by atoms with Gasteiger partial charge in [0.05, 0.1) is 11.6 Å². The third-order valence-corrected chi connectivity index (χ3v) is 5.41. The molecule has 0 radical (unpaired) electrons. The highest BCUT2D eigenvalue weighted by Crippen LogP contribution is 2.25. The zero-order valence-corrected chi connectivity index (χ0v) is 19.4. The number of aliphatic imine (C=N–C) groups is 1. The van der Waals surface area contributed by atoms with Gasteiger partial charge in [-0.05, 0) is 31.0 Å². The monoisotopic (exact) mass is 519 g/mol. The van der Waals surface area contributed by atoms with E-state index in [4.69, 9.17) is 23.2 Å².